The number of halogens is 2. The van der Waals surface area contributed by atoms with Gasteiger partial charge in [0.05, 0.1) is 10.7 Å². The van der Waals surface area contributed by atoms with Crippen LogP contribution in [-0.2, 0) is 6.61 Å². The summed E-state index contributed by atoms with van der Waals surface area (Å²) >= 11 is 9.48. The average Bonchev–Trinajstić information content (AvgIpc) is 2.39. The van der Waals surface area contributed by atoms with E-state index >= 15 is 0 Å². The van der Waals surface area contributed by atoms with E-state index in [1.807, 2.05) is 25.1 Å². The molecule has 0 aliphatic rings. The largest absolute Gasteiger partial charge is 0.487 e. The van der Waals surface area contributed by atoms with E-state index in [2.05, 4.69) is 26.3 Å². The van der Waals surface area contributed by atoms with Gasteiger partial charge in [-0.2, -0.15) is 0 Å². The van der Waals surface area contributed by atoms with Crippen molar-refractivity contribution < 1.29 is 4.74 Å². The third-order valence-corrected chi connectivity index (χ3v) is 3.41. The third kappa shape index (κ3) is 3.59. The smallest absolute Gasteiger partial charge is 0.140 e. The lowest BCUT2D eigenvalue weighted by Gasteiger charge is -2.11. The first-order valence-corrected chi connectivity index (χ1v) is 6.78. The highest BCUT2D eigenvalue weighted by Gasteiger charge is 2.06. The van der Waals surface area contributed by atoms with Crippen molar-refractivity contribution in [3.8, 4) is 5.75 Å². The molecule has 2 aromatic rings. The number of nitrogens with two attached hydrogens (primary N) is 1. The van der Waals surface area contributed by atoms with Gasteiger partial charge < -0.3 is 10.2 Å². The van der Waals surface area contributed by atoms with Crippen LogP contribution in [0.2, 0.25) is 5.02 Å². The lowest BCUT2D eigenvalue weighted by atomic mass is 10.2. The van der Waals surface area contributed by atoms with Gasteiger partial charge in [0.2, 0.25) is 0 Å². The van der Waals surface area contributed by atoms with Crippen molar-refractivity contribution >= 4 is 33.3 Å². The number of benzene rings is 1. The van der Waals surface area contributed by atoms with Gasteiger partial charge in [-0.15, -0.1) is 0 Å². The summed E-state index contributed by atoms with van der Waals surface area (Å²) in [6.45, 7) is 2.27. The minimum Gasteiger partial charge on any atom is -0.487 e. The molecule has 3 N–H and O–H groups in total. The first kappa shape index (κ1) is 14.1. The number of anilines is 1. The van der Waals surface area contributed by atoms with Gasteiger partial charge >= 0.3 is 0 Å². The van der Waals surface area contributed by atoms with Crippen LogP contribution < -0.4 is 16.0 Å². The molecule has 0 saturated heterocycles. The number of ether oxygens (including phenoxy) is 1. The second kappa shape index (κ2) is 6.23. The molecule has 0 bridgehead atoms. The first-order valence-electron chi connectivity index (χ1n) is 5.61. The van der Waals surface area contributed by atoms with Gasteiger partial charge in [0.1, 0.15) is 18.2 Å². The Morgan fingerprint density at radius 1 is 1.37 bits per heavy atom. The summed E-state index contributed by atoms with van der Waals surface area (Å²) in [5.74, 6) is 6.66. The summed E-state index contributed by atoms with van der Waals surface area (Å²) in [6.07, 6.45) is 0. The summed E-state index contributed by atoms with van der Waals surface area (Å²) in [5.41, 5.74) is 4.16. The van der Waals surface area contributed by atoms with E-state index in [1.165, 1.54) is 0 Å². The quantitative estimate of drug-likeness (QED) is 0.657. The Morgan fingerprint density at radius 3 is 2.84 bits per heavy atom. The van der Waals surface area contributed by atoms with Gasteiger partial charge in [-0.1, -0.05) is 27.5 Å². The molecule has 0 unspecified atom stereocenters. The molecule has 1 aromatic carbocycles. The fourth-order valence-electron chi connectivity index (χ4n) is 1.59. The van der Waals surface area contributed by atoms with Crippen molar-refractivity contribution in [2.75, 3.05) is 5.43 Å². The lowest BCUT2D eigenvalue weighted by Crippen LogP contribution is -2.10. The number of aromatic nitrogens is 1. The van der Waals surface area contributed by atoms with Gasteiger partial charge in [-0.3, -0.25) is 0 Å². The molecule has 1 aromatic heterocycles. The number of rotatable bonds is 4. The van der Waals surface area contributed by atoms with E-state index in [4.69, 9.17) is 22.2 Å². The van der Waals surface area contributed by atoms with E-state index in [9.17, 15) is 0 Å². The number of nitrogens with one attached hydrogen (secondary N) is 1. The number of nitrogen functional groups attached to an aromatic ring is 1. The fourth-order valence-corrected chi connectivity index (χ4v) is 2.22. The van der Waals surface area contributed by atoms with Crippen LogP contribution in [0, 0.1) is 6.92 Å². The van der Waals surface area contributed by atoms with Crippen LogP contribution in [0.25, 0.3) is 0 Å². The standard InChI is InChI=1S/C13H13BrClN3O/c1-8-6-9(14)2-4-12(8)19-7-11-10(15)3-5-13(17-11)18-16/h2-6H,7,16H2,1H3,(H,17,18). The molecule has 1 heterocycles. The predicted molar refractivity (Wildman–Crippen MR) is 80.3 cm³/mol. The van der Waals surface area contributed by atoms with Crippen LogP contribution in [0.4, 0.5) is 5.82 Å². The first-order chi connectivity index (χ1) is 9.10. The summed E-state index contributed by atoms with van der Waals surface area (Å²) in [4.78, 5) is 4.25. The molecule has 0 aliphatic carbocycles. The van der Waals surface area contributed by atoms with Gasteiger partial charge in [0.15, 0.2) is 0 Å². The normalized spacial score (nSPS) is 10.3. The Balaban J connectivity index is 2.14. The van der Waals surface area contributed by atoms with E-state index in [1.54, 1.807) is 12.1 Å². The van der Waals surface area contributed by atoms with Crippen LogP contribution in [-0.4, -0.2) is 4.98 Å². The van der Waals surface area contributed by atoms with Crippen molar-refractivity contribution in [3.63, 3.8) is 0 Å². The number of aryl methyl sites for hydroxylation is 1. The number of hydrogen-bond donors (Lipinski definition) is 2. The Hall–Kier alpha value is -1.30. The predicted octanol–water partition coefficient (Wildman–Crippen LogP) is 3.67. The van der Waals surface area contributed by atoms with Gasteiger partial charge in [0, 0.05) is 4.47 Å². The minimum absolute atomic E-state index is 0.289. The highest BCUT2D eigenvalue weighted by atomic mass is 79.9. The summed E-state index contributed by atoms with van der Waals surface area (Å²) in [7, 11) is 0. The molecule has 0 radical (unpaired) electrons. The molecular weight excluding hydrogens is 330 g/mol. The molecule has 0 aliphatic heterocycles. The Bertz CT molecular complexity index is 592. The number of hydrogen-bond acceptors (Lipinski definition) is 4. The summed E-state index contributed by atoms with van der Waals surface area (Å²) < 4.78 is 6.74. The Kier molecular flexibility index (Phi) is 4.63. The topological polar surface area (TPSA) is 60.2 Å². The molecule has 2 rings (SSSR count). The molecule has 100 valence electrons. The molecule has 0 fully saturated rings. The molecular formula is C13H13BrClN3O. The van der Waals surface area contributed by atoms with Crippen molar-refractivity contribution in [2.45, 2.75) is 13.5 Å². The van der Waals surface area contributed by atoms with Crippen LogP contribution in [0.1, 0.15) is 11.3 Å². The van der Waals surface area contributed by atoms with Gasteiger partial charge in [-0.05, 0) is 42.8 Å². The van der Waals surface area contributed by atoms with Crippen molar-refractivity contribution in [3.05, 3.63) is 51.1 Å². The Morgan fingerprint density at radius 2 is 2.16 bits per heavy atom. The lowest BCUT2D eigenvalue weighted by molar-refractivity contribution is 0.299. The van der Waals surface area contributed by atoms with Crippen LogP contribution in [0.15, 0.2) is 34.8 Å². The summed E-state index contributed by atoms with van der Waals surface area (Å²) in [5, 5.41) is 0.550. The molecule has 0 amide bonds. The Labute approximate surface area is 125 Å². The summed E-state index contributed by atoms with van der Waals surface area (Å²) in [6, 6.07) is 9.25. The maximum atomic E-state index is 6.07. The zero-order valence-electron chi connectivity index (χ0n) is 10.3. The highest BCUT2D eigenvalue weighted by Crippen LogP contribution is 2.24. The molecule has 0 spiro atoms. The number of nitrogens with zero attached hydrogens (tertiary/aromatic N) is 1. The van der Waals surface area contributed by atoms with Crippen LogP contribution in [0.3, 0.4) is 0 Å². The van der Waals surface area contributed by atoms with Crippen molar-refractivity contribution in [2.24, 2.45) is 5.84 Å². The SMILES string of the molecule is Cc1cc(Br)ccc1OCc1nc(NN)ccc1Cl. The van der Waals surface area contributed by atoms with Gasteiger partial charge in [-0.25, -0.2) is 10.8 Å². The minimum atomic E-state index is 0.289. The van der Waals surface area contributed by atoms with E-state index in [0.29, 0.717) is 16.5 Å². The van der Waals surface area contributed by atoms with E-state index in [-0.39, 0.29) is 6.61 Å². The maximum Gasteiger partial charge on any atom is 0.140 e. The van der Waals surface area contributed by atoms with E-state index in [0.717, 1.165) is 15.8 Å². The van der Waals surface area contributed by atoms with E-state index < -0.39 is 0 Å². The molecule has 6 heteroatoms. The fraction of sp³-hybridized carbons (Fsp3) is 0.154. The van der Waals surface area contributed by atoms with Crippen LogP contribution in [0.5, 0.6) is 5.75 Å². The highest BCUT2D eigenvalue weighted by molar-refractivity contribution is 9.10. The molecule has 0 saturated carbocycles. The molecule has 4 nitrogen and oxygen atoms in total. The third-order valence-electron chi connectivity index (χ3n) is 2.57. The monoisotopic (exact) mass is 341 g/mol. The number of hydrazine groups is 1. The second-order valence-electron chi connectivity index (χ2n) is 3.97. The zero-order valence-corrected chi connectivity index (χ0v) is 12.6. The second-order valence-corrected chi connectivity index (χ2v) is 5.29. The van der Waals surface area contributed by atoms with Crippen molar-refractivity contribution in [1.29, 1.82) is 0 Å². The maximum absolute atomic E-state index is 6.07. The number of pyridine rings is 1. The molecule has 0 atom stereocenters. The van der Waals surface area contributed by atoms with Crippen LogP contribution >= 0.6 is 27.5 Å². The van der Waals surface area contributed by atoms with Gasteiger partial charge in [0.25, 0.3) is 0 Å². The zero-order chi connectivity index (χ0) is 13.8. The average molecular weight is 343 g/mol. The molecule has 19 heavy (non-hydrogen) atoms. The van der Waals surface area contributed by atoms with Crippen molar-refractivity contribution in [1.82, 2.24) is 4.98 Å².